The zero-order valence-electron chi connectivity index (χ0n) is 15.4. The molecule has 0 radical (unpaired) electrons. The van der Waals surface area contributed by atoms with Crippen LogP contribution in [0.3, 0.4) is 0 Å². The van der Waals surface area contributed by atoms with Crippen molar-refractivity contribution in [3.05, 3.63) is 65.7 Å². The first-order valence-corrected chi connectivity index (χ1v) is 9.44. The van der Waals surface area contributed by atoms with Gasteiger partial charge in [0.25, 0.3) is 5.91 Å². The van der Waals surface area contributed by atoms with Gasteiger partial charge in [-0.25, -0.2) is 0 Å². The number of benzene rings is 2. The highest BCUT2D eigenvalue weighted by Crippen LogP contribution is 2.35. The van der Waals surface area contributed by atoms with Gasteiger partial charge in [0.05, 0.1) is 13.0 Å². The molecule has 1 saturated carbocycles. The maximum atomic E-state index is 12.9. The van der Waals surface area contributed by atoms with Gasteiger partial charge in [-0.1, -0.05) is 30.3 Å². The fraction of sp³-hybridized carbons (Fsp3) is 0.364. The maximum absolute atomic E-state index is 12.9. The molecule has 2 aromatic rings. The minimum absolute atomic E-state index is 0.0117. The Bertz CT molecular complexity index is 815. The molecule has 1 aliphatic heterocycles. The first-order chi connectivity index (χ1) is 13.2. The standard InChI is InChI=1S/C22H24N2O3/c1-27-18-11-7-15(8-12-18)19-13-24(22(26)16-5-3-2-4-6-16)14-20(19)21(25)23-17-9-10-17/h2-8,11-12,17,19-20H,9-10,13-14H2,1H3,(H,23,25). The predicted molar refractivity (Wildman–Crippen MR) is 103 cm³/mol. The van der Waals surface area contributed by atoms with E-state index in [9.17, 15) is 9.59 Å². The van der Waals surface area contributed by atoms with E-state index in [1.54, 1.807) is 12.0 Å². The van der Waals surface area contributed by atoms with Gasteiger partial charge in [-0.05, 0) is 42.7 Å². The number of hydrogen-bond acceptors (Lipinski definition) is 3. The molecule has 2 unspecified atom stereocenters. The molecule has 140 valence electrons. The van der Waals surface area contributed by atoms with Gasteiger partial charge in [-0.15, -0.1) is 0 Å². The Morgan fingerprint density at radius 1 is 1.00 bits per heavy atom. The molecule has 1 N–H and O–H groups in total. The molecule has 1 heterocycles. The van der Waals surface area contributed by atoms with E-state index >= 15 is 0 Å². The Morgan fingerprint density at radius 2 is 1.70 bits per heavy atom. The molecule has 0 spiro atoms. The summed E-state index contributed by atoms with van der Waals surface area (Å²) in [4.78, 5) is 27.5. The summed E-state index contributed by atoms with van der Waals surface area (Å²) in [5.41, 5.74) is 1.73. The summed E-state index contributed by atoms with van der Waals surface area (Å²) in [6.45, 7) is 0.992. The van der Waals surface area contributed by atoms with Crippen LogP contribution in [0.4, 0.5) is 0 Å². The largest absolute Gasteiger partial charge is 0.497 e. The second-order valence-electron chi connectivity index (χ2n) is 7.35. The first-order valence-electron chi connectivity index (χ1n) is 9.44. The van der Waals surface area contributed by atoms with Gasteiger partial charge >= 0.3 is 0 Å². The lowest BCUT2D eigenvalue weighted by Gasteiger charge is -2.18. The lowest BCUT2D eigenvalue weighted by molar-refractivity contribution is -0.125. The van der Waals surface area contributed by atoms with Crippen molar-refractivity contribution in [2.24, 2.45) is 5.92 Å². The second kappa shape index (κ2) is 7.43. The van der Waals surface area contributed by atoms with Crippen molar-refractivity contribution in [1.82, 2.24) is 10.2 Å². The van der Waals surface area contributed by atoms with Crippen LogP contribution in [-0.2, 0) is 4.79 Å². The number of nitrogens with one attached hydrogen (secondary N) is 1. The summed E-state index contributed by atoms with van der Waals surface area (Å²) in [5.74, 6) is 0.583. The Balaban J connectivity index is 1.57. The van der Waals surface area contributed by atoms with Gasteiger partial charge in [0.1, 0.15) is 5.75 Å². The van der Waals surface area contributed by atoms with Crippen molar-refractivity contribution >= 4 is 11.8 Å². The first kappa shape index (κ1) is 17.6. The summed E-state index contributed by atoms with van der Waals surface area (Å²) >= 11 is 0. The van der Waals surface area contributed by atoms with Crippen molar-refractivity contribution in [2.45, 2.75) is 24.8 Å². The highest BCUT2D eigenvalue weighted by atomic mass is 16.5. The third-order valence-electron chi connectivity index (χ3n) is 5.43. The quantitative estimate of drug-likeness (QED) is 0.888. The molecule has 2 aromatic carbocycles. The van der Waals surface area contributed by atoms with E-state index in [2.05, 4.69) is 5.32 Å². The minimum Gasteiger partial charge on any atom is -0.497 e. The number of nitrogens with zero attached hydrogens (tertiary/aromatic N) is 1. The normalized spacial score (nSPS) is 21.7. The molecule has 1 aliphatic carbocycles. The topological polar surface area (TPSA) is 58.6 Å². The van der Waals surface area contributed by atoms with Crippen LogP contribution < -0.4 is 10.1 Å². The molecular formula is C22H24N2O3. The molecule has 0 bridgehead atoms. The number of hydrogen-bond donors (Lipinski definition) is 1. The predicted octanol–water partition coefficient (Wildman–Crippen LogP) is 2.83. The summed E-state index contributed by atoms with van der Waals surface area (Å²) < 4.78 is 5.24. The number of likely N-dealkylation sites (tertiary alicyclic amines) is 1. The van der Waals surface area contributed by atoms with Gasteiger partial charge in [-0.2, -0.15) is 0 Å². The van der Waals surface area contributed by atoms with Crippen molar-refractivity contribution in [1.29, 1.82) is 0 Å². The third-order valence-corrected chi connectivity index (χ3v) is 5.43. The van der Waals surface area contributed by atoms with Gasteiger partial charge in [-0.3, -0.25) is 9.59 Å². The number of methoxy groups -OCH3 is 1. The van der Waals surface area contributed by atoms with E-state index in [0.29, 0.717) is 24.7 Å². The summed E-state index contributed by atoms with van der Waals surface area (Å²) in [7, 11) is 1.64. The van der Waals surface area contributed by atoms with Gasteiger partial charge in [0, 0.05) is 30.6 Å². The number of carbonyl (C=O) groups excluding carboxylic acids is 2. The highest BCUT2D eigenvalue weighted by molar-refractivity contribution is 5.95. The zero-order chi connectivity index (χ0) is 18.8. The Kier molecular flexibility index (Phi) is 4.84. The lowest BCUT2D eigenvalue weighted by atomic mass is 9.88. The van der Waals surface area contributed by atoms with E-state index < -0.39 is 0 Å². The van der Waals surface area contributed by atoms with Crippen LogP contribution in [0.5, 0.6) is 5.75 Å². The van der Waals surface area contributed by atoms with Crippen LogP contribution >= 0.6 is 0 Å². The van der Waals surface area contributed by atoms with E-state index in [0.717, 1.165) is 24.2 Å². The van der Waals surface area contributed by atoms with Gasteiger partial charge < -0.3 is 15.0 Å². The Labute approximate surface area is 159 Å². The molecule has 2 fully saturated rings. The van der Waals surface area contributed by atoms with E-state index in [1.807, 2.05) is 54.6 Å². The number of rotatable bonds is 5. The molecule has 27 heavy (non-hydrogen) atoms. The van der Waals surface area contributed by atoms with E-state index in [1.165, 1.54) is 0 Å². The molecule has 5 nitrogen and oxygen atoms in total. The van der Waals surface area contributed by atoms with Crippen molar-refractivity contribution in [2.75, 3.05) is 20.2 Å². The Hall–Kier alpha value is -2.82. The van der Waals surface area contributed by atoms with E-state index in [-0.39, 0.29) is 23.7 Å². The molecule has 4 rings (SSSR count). The van der Waals surface area contributed by atoms with Crippen molar-refractivity contribution in [3.63, 3.8) is 0 Å². The summed E-state index contributed by atoms with van der Waals surface area (Å²) in [6, 6.07) is 17.4. The number of amides is 2. The molecule has 2 amide bonds. The fourth-order valence-corrected chi connectivity index (χ4v) is 3.72. The molecule has 0 aromatic heterocycles. The minimum atomic E-state index is -0.230. The smallest absolute Gasteiger partial charge is 0.253 e. The zero-order valence-corrected chi connectivity index (χ0v) is 15.4. The third kappa shape index (κ3) is 3.82. The van der Waals surface area contributed by atoms with E-state index in [4.69, 9.17) is 4.74 Å². The molecule has 2 aliphatic rings. The Morgan fingerprint density at radius 3 is 2.33 bits per heavy atom. The average molecular weight is 364 g/mol. The summed E-state index contributed by atoms with van der Waals surface area (Å²) in [6.07, 6.45) is 2.11. The molecule has 2 atom stereocenters. The van der Waals surface area contributed by atoms with Gasteiger partial charge in [0.15, 0.2) is 0 Å². The number of carbonyl (C=O) groups is 2. The fourth-order valence-electron chi connectivity index (χ4n) is 3.72. The van der Waals surface area contributed by atoms with Crippen LogP contribution in [0.25, 0.3) is 0 Å². The van der Waals surface area contributed by atoms with Gasteiger partial charge in [0.2, 0.25) is 5.91 Å². The van der Waals surface area contributed by atoms with Crippen LogP contribution in [0.15, 0.2) is 54.6 Å². The van der Waals surface area contributed by atoms with Crippen LogP contribution in [-0.4, -0.2) is 43.0 Å². The highest BCUT2D eigenvalue weighted by Gasteiger charge is 2.41. The monoisotopic (exact) mass is 364 g/mol. The van der Waals surface area contributed by atoms with Crippen LogP contribution in [0.2, 0.25) is 0 Å². The number of ether oxygens (including phenoxy) is 1. The van der Waals surface area contributed by atoms with Crippen molar-refractivity contribution in [3.8, 4) is 5.75 Å². The van der Waals surface area contributed by atoms with Crippen LogP contribution in [0.1, 0.15) is 34.7 Å². The summed E-state index contributed by atoms with van der Waals surface area (Å²) in [5, 5.41) is 3.12. The molecule has 1 saturated heterocycles. The average Bonchev–Trinajstić information content (AvgIpc) is 3.42. The molecule has 5 heteroatoms. The molecular weight excluding hydrogens is 340 g/mol. The van der Waals surface area contributed by atoms with Crippen LogP contribution in [0, 0.1) is 5.92 Å². The SMILES string of the molecule is COc1ccc(C2CN(C(=O)c3ccccc3)CC2C(=O)NC2CC2)cc1. The second-order valence-corrected chi connectivity index (χ2v) is 7.35. The van der Waals surface area contributed by atoms with Crippen molar-refractivity contribution < 1.29 is 14.3 Å². The lowest BCUT2D eigenvalue weighted by Crippen LogP contribution is -2.36. The maximum Gasteiger partial charge on any atom is 0.253 e.